The summed E-state index contributed by atoms with van der Waals surface area (Å²) in [6, 6.07) is 5.61. The molecule has 2 rings (SSSR count). The summed E-state index contributed by atoms with van der Waals surface area (Å²) >= 11 is 0. The van der Waals surface area contributed by atoms with Gasteiger partial charge in [-0.25, -0.2) is 9.97 Å². The average molecular weight is 234 g/mol. The van der Waals surface area contributed by atoms with E-state index in [4.69, 9.17) is 14.2 Å². The maximum absolute atomic E-state index is 5.60. The summed E-state index contributed by atoms with van der Waals surface area (Å²) in [5.41, 5.74) is 0.838. The van der Waals surface area contributed by atoms with Crippen molar-refractivity contribution in [2.75, 3.05) is 20.8 Å². The van der Waals surface area contributed by atoms with E-state index in [-0.39, 0.29) is 0 Å². The lowest BCUT2D eigenvalue weighted by molar-refractivity contribution is -0.0931. The third-order valence-electron chi connectivity index (χ3n) is 2.31. The minimum absolute atomic E-state index is 0.373. The molecule has 0 aliphatic rings. The smallest absolute Gasteiger partial charge is 0.223 e. The van der Waals surface area contributed by atoms with Crippen molar-refractivity contribution in [2.24, 2.45) is 0 Å². The standard InChI is InChI=1S/C12H14N2O3/c1-15-7-12(16-2)17-10-4-3-9-6-13-8-14-11(9)5-10/h3-6,8,12H,7H2,1-2H3. The number of rotatable bonds is 5. The normalized spacial score (nSPS) is 12.6. The molecule has 5 nitrogen and oxygen atoms in total. The van der Waals surface area contributed by atoms with Crippen molar-refractivity contribution < 1.29 is 14.2 Å². The maximum Gasteiger partial charge on any atom is 0.223 e. The highest BCUT2D eigenvalue weighted by Crippen LogP contribution is 2.19. The van der Waals surface area contributed by atoms with Crippen molar-refractivity contribution in [1.29, 1.82) is 0 Å². The molecule has 0 spiro atoms. The minimum Gasteiger partial charge on any atom is -0.462 e. The van der Waals surface area contributed by atoms with Gasteiger partial charge in [0.15, 0.2) is 0 Å². The topological polar surface area (TPSA) is 53.5 Å². The molecule has 1 heterocycles. The molecule has 1 atom stereocenters. The number of nitrogens with zero attached hydrogens (tertiary/aromatic N) is 2. The first-order chi connectivity index (χ1) is 8.33. The zero-order valence-corrected chi connectivity index (χ0v) is 9.79. The Balaban J connectivity index is 2.18. The van der Waals surface area contributed by atoms with Crippen LogP contribution in [0.4, 0.5) is 0 Å². The van der Waals surface area contributed by atoms with Gasteiger partial charge >= 0.3 is 0 Å². The second-order valence-corrected chi connectivity index (χ2v) is 3.48. The largest absolute Gasteiger partial charge is 0.462 e. The molecule has 0 radical (unpaired) electrons. The van der Waals surface area contributed by atoms with Crippen molar-refractivity contribution in [3.8, 4) is 5.75 Å². The molecule has 0 bridgehead atoms. The average Bonchev–Trinajstić information content (AvgIpc) is 2.38. The highest BCUT2D eigenvalue weighted by molar-refractivity contribution is 5.78. The van der Waals surface area contributed by atoms with Crippen LogP contribution < -0.4 is 4.74 Å². The Kier molecular flexibility index (Phi) is 3.85. The van der Waals surface area contributed by atoms with Gasteiger partial charge in [-0.2, -0.15) is 0 Å². The molecule has 1 aromatic heterocycles. The number of benzene rings is 1. The Hall–Kier alpha value is -1.72. The lowest BCUT2D eigenvalue weighted by Gasteiger charge is -2.16. The Morgan fingerprint density at radius 3 is 2.94 bits per heavy atom. The van der Waals surface area contributed by atoms with Gasteiger partial charge in [0.2, 0.25) is 6.29 Å². The first-order valence-electron chi connectivity index (χ1n) is 5.21. The lowest BCUT2D eigenvalue weighted by Crippen LogP contribution is -2.24. The van der Waals surface area contributed by atoms with E-state index in [1.165, 1.54) is 6.33 Å². The van der Waals surface area contributed by atoms with Crippen LogP contribution in [0.25, 0.3) is 10.9 Å². The second kappa shape index (κ2) is 5.56. The van der Waals surface area contributed by atoms with Crippen LogP contribution in [0.1, 0.15) is 0 Å². The van der Waals surface area contributed by atoms with Gasteiger partial charge in [-0.05, 0) is 12.1 Å². The molecule has 0 fully saturated rings. The zero-order chi connectivity index (χ0) is 12.1. The van der Waals surface area contributed by atoms with Crippen LogP contribution in [0.15, 0.2) is 30.7 Å². The predicted octanol–water partition coefficient (Wildman–Crippen LogP) is 1.63. The molecule has 0 N–H and O–H groups in total. The van der Waals surface area contributed by atoms with Gasteiger partial charge < -0.3 is 14.2 Å². The van der Waals surface area contributed by atoms with Crippen molar-refractivity contribution in [2.45, 2.75) is 6.29 Å². The lowest BCUT2D eigenvalue weighted by atomic mass is 10.2. The highest BCUT2D eigenvalue weighted by Gasteiger charge is 2.08. The number of fused-ring (bicyclic) bond motifs is 1. The molecule has 0 saturated heterocycles. The Bertz CT molecular complexity index is 490. The van der Waals surface area contributed by atoms with Crippen molar-refractivity contribution in [3.05, 3.63) is 30.7 Å². The molecule has 1 unspecified atom stereocenters. The van der Waals surface area contributed by atoms with Gasteiger partial charge in [-0.3, -0.25) is 0 Å². The molecule has 5 heteroatoms. The van der Waals surface area contributed by atoms with E-state index in [9.17, 15) is 0 Å². The minimum atomic E-state index is -0.417. The predicted molar refractivity (Wildman–Crippen MR) is 62.8 cm³/mol. The zero-order valence-electron chi connectivity index (χ0n) is 9.79. The third-order valence-corrected chi connectivity index (χ3v) is 2.31. The van der Waals surface area contributed by atoms with Crippen molar-refractivity contribution in [3.63, 3.8) is 0 Å². The van der Waals surface area contributed by atoms with Crippen LogP contribution in [0.2, 0.25) is 0 Å². The Morgan fingerprint density at radius 1 is 1.29 bits per heavy atom. The van der Waals surface area contributed by atoms with E-state index in [1.807, 2.05) is 18.2 Å². The van der Waals surface area contributed by atoms with Gasteiger partial charge in [0.25, 0.3) is 0 Å². The Labute approximate surface area is 99.4 Å². The number of aromatic nitrogens is 2. The SMILES string of the molecule is COCC(OC)Oc1ccc2cncnc2c1. The van der Waals surface area contributed by atoms with Crippen LogP contribution in [0.5, 0.6) is 5.75 Å². The fraction of sp³-hybridized carbons (Fsp3) is 0.333. The monoisotopic (exact) mass is 234 g/mol. The van der Waals surface area contributed by atoms with Crippen LogP contribution in [-0.2, 0) is 9.47 Å². The first kappa shape index (κ1) is 11.8. The van der Waals surface area contributed by atoms with Crippen LogP contribution in [0, 0.1) is 0 Å². The van der Waals surface area contributed by atoms with E-state index in [0.29, 0.717) is 12.4 Å². The van der Waals surface area contributed by atoms with Crippen LogP contribution >= 0.6 is 0 Å². The molecular weight excluding hydrogens is 220 g/mol. The van der Waals surface area contributed by atoms with Gasteiger partial charge in [0.1, 0.15) is 18.7 Å². The fourth-order valence-electron chi connectivity index (χ4n) is 1.46. The molecule has 17 heavy (non-hydrogen) atoms. The van der Waals surface area contributed by atoms with Gasteiger partial charge in [-0.15, -0.1) is 0 Å². The van der Waals surface area contributed by atoms with Gasteiger partial charge in [0, 0.05) is 31.9 Å². The number of ether oxygens (including phenoxy) is 3. The highest BCUT2D eigenvalue weighted by atomic mass is 16.7. The molecule has 0 saturated carbocycles. The van der Waals surface area contributed by atoms with E-state index in [2.05, 4.69) is 9.97 Å². The summed E-state index contributed by atoms with van der Waals surface area (Å²) in [5.74, 6) is 0.695. The maximum atomic E-state index is 5.60. The molecule has 0 aliphatic heterocycles. The number of hydrogen-bond acceptors (Lipinski definition) is 5. The number of methoxy groups -OCH3 is 2. The summed E-state index contributed by atoms with van der Waals surface area (Å²) in [6.07, 6.45) is 2.85. The van der Waals surface area contributed by atoms with E-state index in [0.717, 1.165) is 10.9 Å². The molecular formula is C12H14N2O3. The summed E-state index contributed by atoms with van der Waals surface area (Å²) in [6.45, 7) is 0.373. The summed E-state index contributed by atoms with van der Waals surface area (Å²) in [4.78, 5) is 8.11. The van der Waals surface area contributed by atoms with Gasteiger partial charge in [0.05, 0.1) is 5.52 Å². The second-order valence-electron chi connectivity index (χ2n) is 3.48. The van der Waals surface area contributed by atoms with Crippen LogP contribution in [0.3, 0.4) is 0 Å². The number of hydrogen-bond donors (Lipinski definition) is 0. The molecule has 1 aromatic carbocycles. The van der Waals surface area contributed by atoms with E-state index >= 15 is 0 Å². The molecule has 2 aromatic rings. The molecule has 0 amide bonds. The summed E-state index contributed by atoms with van der Waals surface area (Å²) in [7, 11) is 3.18. The fourth-order valence-corrected chi connectivity index (χ4v) is 1.46. The molecule has 0 aliphatic carbocycles. The van der Waals surface area contributed by atoms with Crippen molar-refractivity contribution in [1.82, 2.24) is 9.97 Å². The quantitative estimate of drug-likeness (QED) is 0.736. The summed E-state index contributed by atoms with van der Waals surface area (Å²) in [5, 5.41) is 0.973. The van der Waals surface area contributed by atoms with Crippen molar-refractivity contribution >= 4 is 10.9 Å². The van der Waals surface area contributed by atoms with E-state index < -0.39 is 6.29 Å². The van der Waals surface area contributed by atoms with Gasteiger partial charge in [-0.1, -0.05) is 0 Å². The Morgan fingerprint density at radius 2 is 2.18 bits per heavy atom. The third kappa shape index (κ3) is 2.89. The van der Waals surface area contributed by atoms with E-state index in [1.54, 1.807) is 20.4 Å². The van der Waals surface area contributed by atoms with Crippen LogP contribution in [-0.4, -0.2) is 37.1 Å². The summed E-state index contributed by atoms with van der Waals surface area (Å²) < 4.78 is 15.7. The molecule has 90 valence electrons. The first-order valence-corrected chi connectivity index (χ1v) is 5.21.